The first-order valence-corrected chi connectivity index (χ1v) is 10.9. The number of hydrogen-bond acceptors (Lipinski definition) is 2. The number of hydrogen-bond donors (Lipinski definition) is 1. The Labute approximate surface area is 179 Å². The zero-order valence-electron chi connectivity index (χ0n) is 16.9. The van der Waals surface area contributed by atoms with Crippen LogP contribution in [0.4, 0.5) is 18.9 Å². The second-order valence-corrected chi connectivity index (χ2v) is 10.2. The lowest BCUT2D eigenvalue weighted by Gasteiger charge is -2.59. The molecule has 0 saturated heterocycles. The van der Waals surface area contributed by atoms with Crippen LogP contribution in [0.2, 0.25) is 0 Å². The molecule has 0 aromatic heterocycles. The van der Waals surface area contributed by atoms with Crippen molar-refractivity contribution in [3.8, 4) is 0 Å². The van der Waals surface area contributed by atoms with E-state index in [-0.39, 0.29) is 17.3 Å². The fraction of sp³-hybridized carbons (Fsp3) is 0.636. The molecule has 164 valence electrons. The third kappa shape index (κ3) is 3.81. The van der Waals surface area contributed by atoms with Gasteiger partial charge in [0, 0.05) is 11.4 Å². The van der Waals surface area contributed by atoms with E-state index in [0.717, 1.165) is 44.2 Å². The van der Waals surface area contributed by atoms with Crippen LogP contribution in [0.25, 0.3) is 0 Å². The van der Waals surface area contributed by atoms with Gasteiger partial charge in [-0.15, -0.1) is 11.6 Å². The number of rotatable bonds is 6. The van der Waals surface area contributed by atoms with E-state index in [9.17, 15) is 22.8 Å². The first kappa shape index (κ1) is 21.5. The third-order valence-electron chi connectivity index (χ3n) is 6.87. The van der Waals surface area contributed by atoms with Crippen molar-refractivity contribution in [1.82, 2.24) is 4.90 Å². The SMILES string of the molecule is CCCN(CC(=O)Nc1ccc(F)c(F)c1F)C(=O)C12CC3CC(CC(Cl)(C3)C1)C2. The smallest absolute Gasteiger partial charge is 0.244 e. The van der Waals surface area contributed by atoms with Gasteiger partial charge in [0.05, 0.1) is 17.6 Å². The van der Waals surface area contributed by atoms with Crippen LogP contribution in [-0.2, 0) is 9.59 Å². The zero-order valence-corrected chi connectivity index (χ0v) is 17.7. The number of benzene rings is 1. The summed E-state index contributed by atoms with van der Waals surface area (Å²) >= 11 is 6.85. The standard InChI is InChI=1S/C22H26ClF3N2O2/c1-2-5-28(11-17(29)27-16-4-3-15(24)18(25)19(16)26)20(30)21-7-13-6-14(8-21)10-22(23,9-13)12-21/h3-4,13-14H,2,5-12H2,1H3,(H,27,29). The molecule has 4 nitrogen and oxygen atoms in total. The van der Waals surface area contributed by atoms with E-state index in [0.29, 0.717) is 31.2 Å². The molecule has 4 fully saturated rings. The Morgan fingerprint density at radius 2 is 1.80 bits per heavy atom. The number of alkyl halides is 1. The zero-order chi connectivity index (χ0) is 21.7. The molecule has 1 N–H and O–H groups in total. The molecule has 1 aromatic carbocycles. The summed E-state index contributed by atoms with van der Waals surface area (Å²) < 4.78 is 40.4. The quantitative estimate of drug-likeness (QED) is 0.505. The number of nitrogens with one attached hydrogen (secondary N) is 1. The largest absolute Gasteiger partial charge is 0.333 e. The summed E-state index contributed by atoms with van der Waals surface area (Å²) in [6.07, 6.45) is 5.91. The average Bonchev–Trinajstić information content (AvgIpc) is 2.65. The molecule has 5 rings (SSSR count). The van der Waals surface area contributed by atoms with Crippen LogP contribution >= 0.6 is 11.6 Å². The Kier molecular flexibility index (Phi) is 5.54. The summed E-state index contributed by atoms with van der Waals surface area (Å²) in [4.78, 5) is 27.3. The lowest BCUT2D eigenvalue weighted by molar-refractivity contribution is -0.157. The predicted molar refractivity (Wildman–Crippen MR) is 108 cm³/mol. The molecule has 1 aromatic rings. The van der Waals surface area contributed by atoms with E-state index in [1.54, 1.807) is 0 Å². The maximum absolute atomic E-state index is 13.9. The van der Waals surface area contributed by atoms with Crippen molar-refractivity contribution in [2.24, 2.45) is 17.3 Å². The van der Waals surface area contributed by atoms with Gasteiger partial charge in [0.25, 0.3) is 0 Å². The van der Waals surface area contributed by atoms with Crippen molar-refractivity contribution in [3.63, 3.8) is 0 Å². The van der Waals surface area contributed by atoms with Crippen LogP contribution in [0.15, 0.2) is 12.1 Å². The van der Waals surface area contributed by atoms with Gasteiger partial charge in [0.2, 0.25) is 11.8 Å². The van der Waals surface area contributed by atoms with E-state index in [2.05, 4.69) is 5.32 Å². The molecule has 4 bridgehead atoms. The third-order valence-corrected chi connectivity index (χ3v) is 7.31. The van der Waals surface area contributed by atoms with E-state index in [1.165, 1.54) is 4.90 Å². The molecule has 2 amide bonds. The highest BCUT2D eigenvalue weighted by molar-refractivity contribution is 6.24. The van der Waals surface area contributed by atoms with Crippen LogP contribution in [-0.4, -0.2) is 34.7 Å². The molecule has 2 unspecified atom stereocenters. The minimum Gasteiger partial charge on any atom is -0.333 e. The first-order chi connectivity index (χ1) is 14.1. The Morgan fingerprint density at radius 3 is 2.40 bits per heavy atom. The molecule has 4 aliphatic carbocycles. The van der Waals surface area contributed by atoms with Crippen LogP contribution in [0, 0.1) is 34.7 Å². The Morgan fingerprint density at radius 1 is 1.13 bits per heavy atom. The normalized spacial score (nSPS) is 31.6. The molecule has 0 radical (unpaired) electrons. The monoisotopic (exact) mass is 442 g/mol. The highest BCUT2D eigenvalue weighted by Crippen LogP contribution is 2.64. The topological polar surface area (TPSA) is 49.4 Å². The minimum absolute atomic E-state index is 0.0654. The van der Waals surface area contributed by atoms with Gasteiger partial charge in [-0.2, -0.15) is 0 Å². The fourth-order valence-electron chi connectivity index (χ4n) is 6.24. The van der Waals surface area contributed by atoms with Crippen LogP contribution in [0.1, 0.15) is 51.9 Å². The van der Waals surface area contributed by atoms with Crippen molar-refractivity contribution in [3.05, 3.63) is 29.6 Å². The first-order valence-electron chi connectivity index (χ1n) is 10.6. The van der Waals surface area contributed by atoms with Crippen LogP contribution in [0.5, 0.6) is 0 Å². The van der Waals surface area contributed by atoms with E-state index < -0.39 is 34.5 Å². The van der Waals surface area contributed by atoms with Gasteiger partial charge in [-0.3, -0.25) is 9.59 Å². The Hall–Kier alpha value is -1.76. The van der Waals surface area contributed by atoms with Crippen molar-refractivity contribution in [1.29, 1.82) is 0 Å². The summed E-state index contributed by atoms with van der Waals surface area (Å²) in [6.45, 7) is 2.03. The lowest BCUT2D eigenvalue weighted by Crippen LogP contribution is -2.59. The average molecular weight is 443 g/mol. The van der Waals surface area contributed by atoms with Gasteiger partial charge in [-0.25, -0.2) is 13.2 Å². The van der Waals surface area contributed by atoms with Crippen molar-refractivity contribution in [2.75, 3.05) is 18.4 Å². The second-order valence-electron chi connectivity index (χ2n) is 9.39. The molecule has 0 heterocycles. The summed E-state index contributed by atoms with van der Waals surface area (Å²) in [7, 11) is 0. The molecule has 30 heavy (non-hydrogen) atoms. The summed E-state index contributed by atoms with van der Waals surface area (Å²) in [5.74, 6) is -4.25. The van der Waals surface area contributed by atoms with Crippen molar-refractivity contribution >= 4 is 29.1 Å². The van der Waals surface area contributed by atoms with Gasteiger partial charge in [0.1, 0.15) is 0 Å². The lowest BCUT2D eigenvalue weighted by atomic mass is 9.49. The predicted octanol–water partition coefficient (Wildman–Crippen LogP) is 4.86. The number of amides is 2. The van der Waals surface area contributed by atoms with Crippen LogP contribution in [0.3, 0.4) is 0 Å². The van der Waals surface area contributed by atoms with Gasteiger partial charge in [0.15, 0.2) is 17.5 Å². The van der Waals surface area contributed by atoms with Crippen molar-refractivity contribution < 1.29 is 22.8 Å². The maximum Gasteiger partial charge on any atom is 0.244 e. The number of nitrogens with zero attached hydrogens (tertiary/aromatic N) is 1. The maximum atomic E-state index is 13.9. The van der Waals surface area contributed by atoms with E-state index in [1.807, 2.05) is 6.92 Å². The summed E-state index contributed by atoms with van der Waals surface area (Å²) in [5.41, 5.74) is -0.980. The van der Waals surface area contributed by atoms with Crippen molar-refractivity contribution in [2.45, 2.75) is 56.7 Å². The Balaban J connectivity index is 1.49. The van der Waals surface area contributed by atoms with Gasteiger partial charge < -0.3 is 10.2 Å². The van der Waals surface area contributed by atoms with Gasteiger partial charge in [-0.1, -0.05) is 6.92 Å². The fourth-order valence-corrected chi connectivity index (χ4v) is 6.94. The number of carbonyl (C=O) groups excluding carboxylic acids is 2. The van der Waals surface area contributed by atoms with Gasteiger partial charge >= 0.3 is 0 Å². The van der Waals surface area contributed by atoms with Gasteiger partial charge in [-0.05, 0) is 68.9 Å². The molecule has 0 aliphatic heterocycles. The summed E-state index contributed by atoms with van der Waals surface area (Å²) in [5, 5.41) is 2.26. The van der Waals surface area contributed by atoms with E-state index >= 15 is 0 Å². The molecule has 2 atom stereocenters. The molecular formula is C22H26ClF3N2O2. The minimum atomic E-state index is -1.64. The number of carbonyl (C=O) groups is 2. The molecule has 4 saturated carbocycles. The summed E-state index contributed by atoms with van der Waals surface area (Å²) in [6, 6.07) is 1.71. The second kappa shape index (κ2) is 7.74. The van der Waals surface area contributed by atoms with Crippen LogP contribution < -0.4 is 5.32 Å². The molecule has 4 aliphatic rings. The van der Waals surface area contributed by atoms with E-state index in [4.69, 9.17) is 11.6 Å². The number of anilines is 1. The molecule has 0 spiro atoms. The Bertz CT molecular complexity index is 864. The molecule has 8 heteroatoms. The molecular weight excluding hydrogens is 417 g/mol. The highest BCUT2D eigenvalue weighted by atomic mass is 35.5. The highest BCUT2D eigenvalue weighted by Gasteiger charge is 2.60. The number of halogens is 4.